The summed E-state index contributed by atoms with van der Waals surface area (Å²) >= 11 is 0. The lowest BCUT2D eigenvalue weighted by molar-refractivity contribution is 0.794. The van der Waals surface area contributed by atoms with Crippen molar-refractivity contribution in [2.45, 2.75) is 5.41 Å². The third-order valence-electron chi connectivity index (χ3n) is 14.8. The van der Waals surface area contributed by atoms with Crippen LogP contribution < -0.4 is 0 Å². The van der Waals surface area contributed by atoms with Crippen LogP contribution in [-0.2, 0) is 5.41 Å². The monoisotopic (exact) mass is 877 g/mol. The Bertz CT molecular complexity index is 3910. The van der Waals surface area contributed by atoms with E-state index < -0.39 is 5.41 Å². The molecule has 2 aliphatic rings. The number of benzene rings is 10. The predicted molar refractivity (Wildman–Crippen MR) is 281 cm³/mol. The van der Waals surface area contributed by atoms with Crippen LogP contribution in [0.4, 0.5) is 0 Å². The quantitative estimate of drug-likeness (QED) is 0.173. The van der Waals surface area contributed by atoms with E-state index >= 15 is 0 Å². The van der Waals surface area contributed by atoms with Crippen LogP contribution in [0, 0.1) is 0 Å². The van der Waals surface area contributed by atoms with Crippen molar-refractivity contribution >= 4 is 43.6 Å². The molecule has 10 aromatic carbocycles. The van der Waals surface area contributed by atoms with Crippen molar-refractivity contribution in [1.82, 2.24) is 24.1 Å². The van der Waals surface area contributed by atoms with Gasteiger partial charge in [0.1, 0.15) is 0 Å². The summed E-state index contributed by atoms with van der Waals surface area (Å²) in [5.74, 6) is 1.87. The van der Waals surface area contributed by atoms with Crippen molar-refractivity contribution in [3.8, 4) is 67.8 Å². The number of fused-ring (bicyclic) bond motifs is 16. The van der Waals surface area contributed by atoms with Gasteiger partial charge in [-0.25, -0.2) is 15.0 Å². The van der Waals surface area contributed by atoms with Gasteiger partial charge in [0.05, 0.1) is 27.5 Å². The third kappa shape index (κ3) is 5.27. The summed E-state index contributed by atoms with van der Waals surface area (Å²) in [5, 5.41) is 4.93. The Morgan fingerprint density at radius 1 is 0.261 bits per heavy atom. The highest BCUT2D eigenvalue weighted by atomic mass is 15.0. The average molecular weight is 878 g/mol. The number of nitrogens with zero attached hydrogens (tertiary/aromatic N) is 5. The zero-order valence-electron chi connectivity index (χ0n) is 37.3. The van der Waals surface area contributed by atoms with Crippen molar-refractivity contribution < 1.29 is 0 Å². The lowest BCUT2D eigenvalue weighted by Gasteiger charge is -2.31. The molecule has 0 amide bonds. The molecule has 0 N–H and O–H groups in total. The fourth-order valence-electron chi connectivity index (χ4n) is 12.0. The van der Waals surface area contributed by atoms with Gasteiger partial charge in [0, 0.05) is 49.6 Å². The average Bonchev–Trinajstić information content (AvgIpc) is 4.13. The van der Waals surface area contributed by atoms with Gasteiger partial charge >= 0.3 is 0 Å². The standard InChI is InChI=1S/C64H39N5/c1-8-25-53-44(16-1)45-17-2-9-26-54(45)64(53)55-27-10-3-18-46(55)51-23-15-24-52(60(51)64)63-66-61(40-32-36-42(37-33-40)68-56-28-11-4-19-47(56)48-20-5-12-29-57(48)68)65-62(67-63)41-34-38-43(39-35-41)69-58-30-13-6-21-49(58)50-22-7-14-31-59(50)69/h1-39H. The molecular formula is C64H39N5. The Labute approximate surface area is 397 Å². The van der Waals surface area contributed by atoms with E-state index in [9.17, 15) is 0 Å². The van der Waals surface area contributed by atoms with Crippen molar-refractivity contribution in [2.75, 3.05) is 0 Å². The molecule has 0 saturated carbocycles. The molecule has 0 aliphatic heterocycles. The first-order valence-electron chi connectivity index (χ1n) is 23.6. The maximum atomic E-state index is 5.49. The topological polar surface area (TPSA) is 48.5 Å². The van der Waals surface area contributed by atoms with Crippen LogP contribution in [0.1, 0.15) is 22.3 Å². The van der Waals surface area contributed by atoms with Crippen molar-refractivity contribution in [3.63, 3.8) is 0 Å². The fraction of sp³-hybridized carbons (Fsp3) is 0.0156. The van der Waals surface area contributed by atoms with Crippen LogP contribution in [0.2, 0.25) is 0 Å². The summed E-state index contributed by atoms with van der Waals surface area (Å²) < 4.78 is 4.69. The van der Waals surface area contributed by atoms with Gasteiger partial charge in [0.15, 0.2) is 17.5 Å². The largest absolute Gasteiger partial charge is 0.309 e. The van der Waals surface area contributed by atoms with E-state index in [2.05, 4.69) is 246 Å². The van der Waals surface area contributed by atoms with Crippen LogP contribution in [0.5, 0.6) is 0 Å². The lowest BCUT2D eigenvalue weighted by atomic mass is 9.69. The molecule has 3 heterocycles. The van der Waals surface area contributed by atoms with E-state index in [4.69, 9.17) is 15.0 Å². The SMILES string of the molecule is c1ccc2c(c1)-c1ccccc1C21c2ccccc2-c2cccc(-c3nc(-c4ccc(-n5c6ccccc6c6ccccc65)cc4)nc(-c4ccc(-n5c6ccccc6c6ccccc65)cc4)n3)c21. The van der Waals surface area contributed by atoms with E-state index in [1.807, 2.05) is 0 Å². The molecule has 5 heteroatoms. The van der Waals surface area contributed by atoms with Crippen molar-refractivity contribution in [2.24, 2.45) is 0 Å². The molecule has 3 aromatic heterocycles. The number of aromatic nitrogens is 5. The van der Waals surface area contributed by atoms with Gasteiger partial charge in [0.2, 0.25) is 0 Å². The minimum atomic E-state index is -0.573. The van der Waals surface area contributed by atoms with Gasteiger partial charge in [-0.2, -0.15) is 0 Å². The number of para-hydroxylation sites is 4. The zero-order valence-corrected chi connectivity index (χ0v) is 37.3. The molecule has 0 fully saturated rings. The van der Waals surface area contributed by atoms with Gasteiger partial charge in [-0.3, -0.25) is 0 Å². The Balaban J connectivity index is 0.944. The molecule has 13 aromatic rings. The maximum Gasteiger partial charge on any atom is 0.164 e. The summed E-state index contributed by atoms with van der Waals surface area (Å²) in [6.07, 6.45) is 0. The molecule has 2 aliphatic carbocycles. The lowest BCUT2D eigenvalue weighted by Crippen LogP contribution is -2.26. The molecule has 0 atom stereocenters. The predicted octanol–water partition coefficient (Wildman–Crippen LogP) is 15.4. The molecule has 15 rings (SSSR count). The molecule has 0 radical (unpaired) electrons. The Kier molecular flexibility index (Phi) is 7.93. The van der Waals surface area contributed by atoms with Gasteiger partial charge in [0.25, 0.3) is 0 Å². The molecule has 1 spiro atoms. The van der Waals surface area contributed by atoms with Gasteiger partial charge < -0.3 is 9.13 Å². The summed E-state index contributed by atoms with van der Waals surface area (Å²) in [5.41, 5.74) is 19.1. The van der Waals surface area contributed by atoms with Crippen LogP contribution in [0.3, 0.4) is 0 Å². The van der Waals surface area contributed by atoms with E-state index in [1.165, 1.54) is 88.1 Å². The molecule has 69 heavy (non-hydrogen) atoms. The Morgan fingerprint density at radius 2 is 0.580 bits per heavy atom. The Morgan fingerprint density at radius 3 is 1.00 bits per heavy atom. The molecule has 320 valence electrons. The first kappa shape index (κ1) is 38.0. The highest BCUT2D eigenvalue weighted by molar-refractivity contribution is 6.10. The summed E-state index contributed by atoms with van der Waals surface area (Å²) in [6, 6.07) is 85.4. The second-order valence-corrected chi connectivity index (χ2v) is 18.3. The fourth-order valence-corrected chi connectivity index (χ4v) is 12.0. The van der Waals surface area contributed by atoms with Crippen LogP contribution in [0.15, 0.2) is 237 Å². The van der Waals surface area contributed by atoms with Crippen LogP contribution >= 0.6 is 0 Å². The normalized spacial score (nSPS) is 13.0. The minimum Gasteiger partial charge on any atom is -0.309 e. The van der Waals surface area contributed by atoms with Crippen molar-refractivity contribution in [3.05, 3.63) is 259 Å². The molecule has 5 nitrogen and oxygen atoms in total. The highest BCUT2D eigenvalue weighted by Gasteiger charge is 2.53. The minimum absolute atomic E-state index is 0.573. The van der Waals surface area contributed by atoms with Crippen LogP contribution in [-0.4, -0.2) is 24.1 Å². The molecule has 0 saturated heterocycles. The second kappa shape index (κ2) is 14.4. The maximum absolute atomic E-state index is 5.49. The first-order chi connectivity index (χ1) is 34.2. The van der Waals surface area contributed by atoms with E-state index in [0.717, 1.165) is 28.1 Å². The smallest absolute Gasteiger partial charge is 0.164 e. The summed E-state index contributed by atoms with van der Waals surface area (Å²) in [6.45, 7) is 0. The van der Waals surface area contributed by atoms with Gasteiger partial charge in [-0.15, -0.1) is 0 Å². The number of rotatable bonds is 5. The van der Waals surface area contributed by atoms with Gasteiger partial charge in [-0.05, 0) is 117 Å². The summed E-state index contributed by atoms with van der Waals surface area (Å²) in [4.78, 5) is 16.3. The van der Waals surface area contributed by atoms with Crippen molar-refractivity contribution in [1.29, 1.82) is 0 Å². The second-order valence-electron chi connectivity index (χ2n) is 18.3. The number of hydrogen-bond donors (Lipinski definition) is 0. The van der Waals surface area contributed by atoms with Gasteiger partial charge in [-0.1, -0.05) is 164 Å². The Hall–Kier alpha value is -9.19. The first-order valence-corrected chi connectivity index (χ1v) is 23.6. The summed E-state index contributed by atoms with van der Waals surface area (Å²) in [7, 11) is 0. The zero-order chi connectivity index (χ0) is 45.2. The van der Waals surface area contributed by atoms with E-state index in [0.29, 0.717) is 17.5 Å². The van der Waals surface area contributed by atoms with E-state index in [1.54, 1.807) is 0 Å². The van der Waals surface area contributed by atoms with Crippen LogP contribution in [0.25, 0.3) is 111 Å². The third-order valence-corrected chi connectivity index (χ3v) is 14.8. The molecule has 0 bridgehead atoms. The van der Waals surface area contributed by atoms with E-state index in [-0.39, 0.29) is 0 Å². The number of hydrogen-bond acceptors (Lipinski definition) is 3. The molecular weight excluding hydrogens is 839 g/mol. The molecule has 0 unspecified atom stereocenters. The highest BCUT2D eigenvalue weighted by Crippen LogP contribution is 2.64.